The van der Waals surface area contributed by atoms with E-state index in [1.165, 1.54) is 19.2 Å². The summed E-state index contributed by atoms with van der Waals surface area (Å²) in [6, 6.07) is 2.39. The largest absolute Gasteiger partial charge is 0.473 e. The highest BCUT2D eigenvalue weighted by Gasteiger charge is 2.20. The molecule has 1 heterocycles. The molecule has 7 nitrogen and oxygen atoms in total. The minimum absolute atomic E-state index is 0.0354. The van der Waals surface area contributed by atoms with Crippen LogP contribution in [0.4, 0.5) is 5.69 Å². The molecule has 1 aromatic heterocycles. The van der Waals surface area contributed by atoms with E-state index in [0.717, 1.165) is 6.42 Å². The zero-order chi connectivity index (χ0) is 14.3. The number of nitrogens with zero attached hydrogens (tertiary/aromatic N) is 2. The number of carbonyl (C=O) groups is 1. The highest BCUT2D eigenvalue weighted by atomic mass is 16.6. The van der Waals surface area contributed by atoms with Gasteiger partial charge in [0.2, 0.25) is 0 Å². The molecule has 0 unspecified atom stereocenters. The molecule has 7 heteroatoms. The van der Waals surface area contributed by atoms with Gasteiger partial charge in [0, 0.05) is 6.07 Å². The Morgan fingerprint density at radius 3 is 2.89 bits per heavy atom. The third-order valence-corrected chi connectivity index (χ3v) is 2.22. The van der Waals surface area contributed by atoms with E-state index in [1.807, 2.05) is 0 Å². The summed E-state index contributed by atoms with van der Waals surface area (Å²) < 4.78 is 9.72. The number of esters is 1. The van der Waals surface area contributed by atoms with Crippen LogP contribution >= 0.6 is 0 Å². The van der Waals surface area contributed by atoms with E-state index in [-0.39, 0.29) is 23.9 Å². The quantitative estimate of drug-likeness (QED) is 0.247. The van der Waals surface area contributed by atoms with Crippen molar-refractivity contribution in [2.45, 2.75) is 12.8 Å². The molecule has 0 N–H and O–H groups in total. The molecule has 0 saturated heterocycles. The van der Waals surface area contributed by atoms with Crippen molar-refractivity contribution in [2.24, 2.45) is 0 Å². The zero-order valence-electron chi connectivity index (χ0n) is 10.5. The number of pyridine rings is 1. The molecule has 0 atom stereocenters. The SMILES string of the molecule is C=CCCCOc1nc(C(=O)OC)ccc1[N+](=O)[O-]. The lowest BCUT2D eigenvalue weighted by Crippen LogP contribution is -2.08. The van der Waals surface area contributed by atoms with E-state index in [0.29, 0.717) is 6.42 Å². The molecule has 102 valence electrons. The number of unbranched alkanes of at least 4 members (excludes halogenated alkanes) is 1. The number of ether oxygens (including phenoxy) is 2. The van der Waals surface area contributed by atoms with Crippen LogP contribution in [0.1, 0.15) is 23.3 Å². The van der Waals surface area contributed by atoms with Crippen molar-refractivity contribution in [3.8, 4) is 5.88 Å². The lowest BCUT2D eigenvalue weighted by molar-refractivity contribution is -0.386. The first-order valence-electron chi connectivity index (χ1n) is 5.57. The maximum atomic E-state index is 11.3. The van der Waals surface area contributed by atoms with Crippen molar-refractivity contribution in [1.82, 2.24) is 4.98 Å². The first-order valence-corrected chi connectivity index (χ1v) is 5.57. The van der Waals surface area contributed by atoms with Crippen LogP contribution in [-0.4, -0.2) is 29.6 Å². The molecule has 0 amide bonds. The van der Waals surface area contributed by atoms with Crippen LogP contribution < -0.4 is 4.74 Å². The van der Waals surface area contributed by atoms with E-state index in [9.17, 15) is 14.9 Å². The van der Waals surface area contributed by atoms with Crippen molar-refractivity contribution in [1.29, 1.82) is 0 Å². The highest BCUT2D eigenvalue weighted by molar-refractivity contribution is 5.87. The second kappa shape index (κ2) is 7.10. The van der Waals surface area contributed by atoms with Crippen LogP contribution in [0.2, 0.25) is 0 Å². The van der Waals surface area contributed by atoms with Crippen molar-refractivity contribution in [3.63, 3.8) is 0 Å². The van der Waals surface area contributed by atoms with Crippen molar-refractivity contribution < 1.29 is 19.2 Å². The normalized spacial score (nSPS) is 9.74. The fourth-order valence-electron chi connectivity index (χ4n) is 1.29. The summed E-state index contributed by atoms with van der Waals surface area (Å²) in [5, 5.41) is 10.8. The summed E-state index contributed by atoms with van der Waals surface area (Å²) in [6.45, 7) is 3.81. The number of methoxy groups -OCH3 is 1. The third-order valence-electron chi connectivity index (χ3n) is 2.22. The lowest BCUT2D eigenvalue weighted by Gasteiger charge is -2.06. The molecule has 0 aliphatic rings. The number of hydrogen-bond donors (Lipinski definition) is 0. The maximum Gasteiger partial charge on any atom is 0.356 e. The predicted molar refractivity (Wildman–Crippen MR) is 67.2 cm³/mol. The van der Waals surface area contributed by atoms with Gasteiger partial charge in [0.05, 0.1) is 18.6 Å². The highest BCUT2D eigenvalue weighted by Crippen LogP contribution is 2.25. The van der Waals surface area contributed by atoms with Gasteiger partial charge in [-0.25, -0.2) is 9.78 Å². The van der Waals surface area contributed by atoms with Crippen LogP contribution in [0.3, 0.4) is 0 Å². The smallest absolute Gasteiger partial charge is 0.356 e. The van der Waals surface area contributed by atoms with Gasteiger partial charge in [-0.3, -0.25) is 10.1 Å². The van der Waals surface area contributed by atoms with Crippen LogP contribution in [0.15, 0.2) is 24.8 Å². The van der Waals surface area contributed by atoms with Crippen molar-refractivity contribution in [2.75, 3.05) is 13.7 Å². The minimum Gasteiger partial charge on any atom is -0.473 e. The summed E-state index contributed by atoms with van der Waals surface area (Å²) in [5.74, 6) is -0.859. The van der Waals surface area contributed by atoms with Gasteiger partial charge in [-0.05, 0) is 18.9 Å². The Morgan fingerprint density at radius 2 is 2.32 bits per heavy atom. The molecule has 0 radical (unpaired) electrons. The molecule has 0 bridgehead atoms. The minimum atomic E-state index is -0.675. The zero-order valence-corrected chi connectivity index (χ0v) is 10.5. The van der Waals surface area contributed by atoms with E-state index >= 15 is 0 Å². The van der Waals surface area contributed by atoms with Gasteiger partial charge in [0.15, 0.2) is 5.69 Å². The summed E-state index contributed by atoms with van der Waals surface area (Å²) in [4.78, 5) is 25.3. The number of carbonyl (C=O) groups excluding carboxylic acids is 1. The molecule has 0 fully saturated rings. The fraction of sp³-hybridized carbons (Fsp3) is 0.333. The first kappa shape index (κ1) is 14.6. The van der Waals surface area contributed by atoms with Gasteiger partial charge in [0.25, 0.3) is 5.88 Å². The van der Waals surface area contributed by atoms with Crippen LogP contribution in [0.5, 0.6) is 5.88 Å². The van der Waals surface area contributed by atoms with Gasteiger partial charge in [-0.2, -0.15) is 0 Å². The van der Waals surface area contributed by atoms with Gasteiger partial charge >= 0.3 is 11.7 Å². The third kappa shape index (κ3) is 4.06. The predicted octanol–water partition coefficient (Wildman–Crippen LogP) is 2.12. The van der Waals surface area contributed by atoms with E-state index in [1.54, 1.807) is 6.08 Å². The number of nitro groups is 1. The summed E-state index contributed by atoms with van der Waals surface area (Å²) >= 11 is 0. The Kier molecular flexibility index (Phi) is 5.46. The number of aromatic nitrogens is 1. The number of hydrogen-bond acceptors (Lipinski definition) is 6. The monoisotopic (exact) mass is 266 g/mol. The molecule has 19 heavy (non-hydrogen) atoms. The average molecular weight is 266 g/mol. The van der Waals surface area contributed by atoms with Crippen molar-refractivity contribution in [3.05, 3.63) is 40.6 Å². The molecule has 0 saturated carbocycles. The molecule has 0 aliphatic carbocycles. The Balaban J connectivity index is 2.92. The summed E-state index contributed by atoms with van der Waals surface area (Å²) in [7, 11) is 1.20. The standard InChI is InChI=1S/C12H14N2O5/c1-3-4-5-8-19-11-10(14(16)17)7-6-9(13-11)12(15)18-2/h3,6-7H,1,4-5,8H2,2H3. The second-order valence-electron chi connectivity index (χ2n) is 3.55. The maximum absolute atomic E-state index is 11.3. The van der Waals surface area contributed by atoms with Crippen LogP contribution in [0.25, 0.3) is 0 Å². The summed E-state index contributed by atoms with van der Waals surface area (Å²) in [6.07, 6.45) is 3.10. The first-order chi connectivity index (χ1) is 9.10. The molecule has 0 spiro atoms. The average Bonchev–Trinajstić information content (AvgIpc) is 2.42. The van der Waals surface area contributed by atoms with E-state index in [4.69, 9.17) is 4.74 Å². The Morgan fingerprint density at radius 1 is 1.58 bits per heavy atom. The van der Waals surface area contributed by atoms with Gasteiger partial charge in [-0.15, -0.1) is 6.58 Å². The molecular weight excluding hydrogens is 252 g/mol. The van der Waals surface area contributed by atoms with Crippen molar-refractivity contribution >= 4 is 11.7 Å². The Bertz CT molecular complexity index is 487. The summed E-state index contributed by atoms with van der Waals surface area (Å²) in [5.41, 5.74) is -0.321. The molecule has 0 aliphatic heterocycles. The van der Waals surface area contributed by atoms with E-state index < -0.39 is 10.9 Å². The Hall–Kier alpha value is -2.44. The van der Waals surface area contributed by atoms with E-state index in [2.05, 4.69) is 16.3 Å². The topological polar surface area (TPSA) is 91.6 Å². The van der Waals surface area contributed by atoms with Gasteiger partial charge in [0.1, 0.15) is 0 Å². The van der Waals surface area contributed by atoms with Crippen LogP contribution in [-0.2, 0) is 4.74 Å². The number of rotatable bonds is 7. The van der Waals surface area contributed by atoms with Crippen LogP contribution in [0, 0.1) is 10.1 Å². The molecular formula is C12H14N2O5. The van der Waals surface area contributed by atoms with Gasteiger partial charge < -0.3 is 9.47 Å². The fourth-order valence-corrected chi connectivity index (χ4v) is 1.29. The lowest BCUT2D eigenvalue weighted by atomic mass is 10.3. The Labute approximate surface area is 110 Å². The number of allylic oxidation sites excluding steroid dienone is 1. The second-order valence-corrected chi connectivity index (χ2v) is 3.55. The molecule has 1 aromatic rings. The molecule has 1 rings (SSSR count). The molecule has 0 aromatic carbocycles. The van der Waals surface area contributed by atoms with Gasteiger partial charge in [-0.1, -0.05) is 6.08 Å².